The fraction of sp³-hybridized carbons (Fsp3) is 0.435. The van der Waals surface area contributed by atoms with Crippen molar-refractivity contribution in [1.29, 1.82) is 5.26 Å². The Kier molecular flexibility index (Phi) is 6.47. The molecule has 2 aromatic rings. The van der Waals surface area contributed by atoms with Crippen molar-refractivity contribution in [3.63, 3.8) is 0 Å². The van der Waals surface area contributed by atoms with Gasteiger partial charge in [0.25, 0.3) is 0 Å². The Morgan fingerprint density at radius 1 is 1.36 bits per heavy atom. The largest absolute Gasteiger partial charge is 0.293 e. The van der Waals surface area contributed by atoms with Gasteiger partial charge in [-0.25, -0.2) is 4.98 Å². The van der Waals surface area contributed by atoms with Gasteiger partial charge in [0, 0.05) is 16.3 Å². The molecule has 1 aliphatic carbocycles. The minimum atomic E-state index is 0.00911. The van der Waals surface area contributed by atoms with E-state index in [2.05, 4.69) is 26.8 Å². The maximum absolute atomic E-state index is 12.4. The molecule has 5 heteroatoms. The van der Waals surface area contributed by atoms with Crippen molar-refractivity contribution in [2.75, 3.05) is 5.75 Å². The molecule has 1 aromatic heterocycles. The number of rotatable bonds is 6. The minimum absolute atomic E-state index is 0.00911. The van der Waals surface area contributed by atoms with E-state index in [1.165, 1.54) is 17.3 Å². The number of halogens is 1. The predicted octanol–water partition coefficient (Wildman–Crippen LogP) is 6.12. The number of Topliss-reactive ketones (excluding diaryl/α,β-unsaturated/α-hetero) is 1. The van der Waals surface area contributed by atoms with E-state index in [1.807, 2.05) is 6.07 Å². The first-order valence-corrected chi connectivity index (χ1v) is 11.0. The van der Waals surface area contributed by atoms with Gasteiger partial charge in [-0.05, 0) is 66.5 Å². The molecule has 1 heterocycles. The van der Waals surface area contributed by atoms with Crippen LogP contribution in [0.5, 0.6) is 0 Å². The fourth-order valence-electron chi connectivity index (χ4n) is 3.64. The van der Waals surface area contributed by atoms with Crippen LogP contribution < -0.4 is 0 Å². The van der Waals surface area contributed by atoms with Crippen molar-refractivity contribution in [1.82, 2.24) is 4.98 Å². The maximum Gasteiger partial charge on any atom is 0.173 e. The zero-order chi connectivity index (χ0) is 20.3. The van der Waals surface area contributed by atoms with Gasteiger partial charge in [-0.15, -0.1) is 0 Å². The zero-order valence-electron chi connectivity index (χ0n) is 16.6. The van der Waals surface area contributed by atoms with E-state index in [9.17, 15) is 10.1 Å². The molecule has 0 spiro atoms. The number of hydrogen-bond donors (Lipinski definition) is 0. The summed E-state index contributed by atoms with van der Waals surface area (Å²) in [4.78, 5) is 17.2. The molecule has 0 N–H and O–H groups in total. The number of benzene rings is 1. The number of carbonyl (C=O) groups excluding carboxylic acids is 1. The van der Waals surface area contributed by atoms with Crippen LogP contribution in [0.2, 0.25) is 5.02 Å². The summed E-state index contributed by atoms with van der Waals surface area (Å²) >= 11 is 7.23. The monoisotopic (exact) mass is 412 g/mol. The van der Waals surface area contributed by atoms with Crippen molar-refractivity contribution in [2.24, 2.45) is 11.3 Å². The molecule has 0 amide bonds. The maximum atomic E-state index is 12.4. The molecule has 0 radical (unpaired) electrons. The van der Waals surface area contributed by atoms with Gasteiger partial charge in [-0.3, -0.25) is 4.79 Å². The molecule has 0 aliphatic heterocycles. The average Bonchev–Trinajstić information content (AvgIpc) is 2.71. The highest BCUT2D eigenvalue weighted by molar-refractivity contribution is 8.00. The summed E-state index contributed by atoms with van der Waals surface area (Å²) in [7, 11) is 0. The quantitative estimate of drug-likeness (QED) is 0.423. The van der Waals surface area contributed by atoms with Gasteiger partial charge in [0.1, 0.15) is 11.1 Å². The summed E-state index contributed by atoms with van der Waals surface area (Å²) in [5.41, 5.74) is 3.77. The number of thioether (sulfide) groups is 1. The van der Waals surface area contributed by atoms with Crippen LogP contribution in [0.4, 0.5) is 0 Å². The number of aromatic nitrogens is 1. The number of nitriles is 1. The Labute approximate surface area is 176 Å². The van der Waals surface area contributed by atoms with Crippen LogP contribution in [0.1, 0.15) is 60.8 Å². The van der Waals surface area contributed by atoms with E-state index in [-0.39, 0.29) is 11.5 Å². The summed E-state index contributed by atoms with van der Waals surface area (Å²) in [5.74, 6) is 0.881. The smallest absolute Gasteiger partial charge is 0.173 e. The lowest BCUT2D eigenvalue weighted by atomic mass is 9.69. The van der Waals surface area contributed by atoms with Crippen molar-refractivity contribution in [3.8, 4) is 6.07 Å². The van der Waals surface area contributed by atoms with E-state index in [1.54, 1.807) is 24.3 Å². The van der Waals surface area contributed by atoms with Crippen LogP contribution in [0, 0.1) is 22.7 Å². The van der Waals surface area contributed by atoms with E-state index < -0.39 is 0 Å². The summed E-state index contributed by atoms with van der Waals surface area (Å²) in [6.45, 7) is 6.90. The highest BCUT2D eigenvalue weighted by Crippen LogP contribution is 2.40. The van der Waals surface area contributed by atoms with Crippen molar-refractivity contribution in [3.05, 3.63) is 57.7 Å². The second-order valence-electron chi connectivity index (χ2n) is 8.06. The Morgan fingerprint density at radius 3 is 2.71 bits per heavy atom. The number of fused-ring (bicyclic) bond motifs is 1. The van der Waals surface area contributed by atoms with Gasteiger partial charge in [-0.1, -0.05) is 50.6 Å². The normalized spacial score (nSPS) is 16.3. The van der Waals surface area contributed by atoms with Gasteiger partial charge in [-0.2, -0.15) is 5.26 Å². The average molecular weight is 413 g/mol. The van der Waals surface area contributed by atoms with Gasteiger partial charge in [0.15, 0.2) is 5.78 Å². The van der Waals surface area contributed by atoms with Gasteiger partial charge in [0.05, 0.1) is 11.3 Å². The van der Waals surface area contributed by atoms with Crippen molar-refractivity contribution >= 4 is 29.1 Å². The number of pyridine rings is 1. The third-order valence-corrected chi connectivity index (χ3v) is 7.24. The third-order valence-electron chi connectivity index (χ3n) is 6.00. The summed E-state index contributed by atoms with van der Waals surface area (Å²) in [6.07, 6.45) is 4.19. The van der Waals surface area contributed by atoms with Gasteiger partial charge < -0.3 is 0 Å². The first kappa shape index (κ1) is 20.9. The molecule has 3 nitrogen and oxygen atoms in total. The van der Waals surface area contributed by atoms with Crippen LogP contribution in [0.3, 0.4) is 0 Å². The first-order valence-electron chi connectivity index (χ1n) is 9.68. The first-order chi connectivity index (χ1) is 13.3. The topological polar surface area (TPSA) is 53.8 Å². The van der Waals surface area contributed by atoms with Gasteiger partial charge in [0.2, 0.25) is 0 Å². The molecule has 1 unspecified atom stereocenters. The summed E-state index contributed by atoms with van der Waals surface area (Å²) < 4.78 is 0. The molecule has 0 saturated carbocycles. The van der Waals surface area contributed by atoms with E-state index >= 15 is 0 Å². The standard InChI is InChI=1S/C23H25ClN2OS/c1-4-23(2,3)18-7-10-20-16(12-18)11-17(13-25)22(26-20)28-14-21(27)15-5-8-19(24)9-6-15/h5-6,8-9,11,18H,4,7,10,12,14H2,1-3H3. The number of hydrogen-bond acceptors (Lipinski definition) is 4. The number of nitrogens with zero attached hydrogens (tertiary/aromatic N) is 2. The molecule has 146 valence electrons. The molecule has 1 aliphatic rings. The van der Waals surface area contributed by atoms with Gasteiger partial charge >= 0.3 is 0 Å². The molecule has 1 aromatic carbocycles. The van der Waals surface area contributed by atoms with Crippen LogP contribution in [-0.2, 0) is 12.8 Å². The number of carbonyl (C=O) groups is 1. The molecular formula is C23H25ClN2OS. The molecular weight excluding hydrogens is 388 g/mol. The minimum Gasteiger partial charge on any atom is -0.293 e. The van der Waals surface area contributed by atoms with E-state index in [4.69, 9.17) is 16.6 Å². The molecule has 3 rings (SSSR count). The summed E-state index contributed by atoms with van der Waals surface area (Å²) in [5, 5.41) is 10.9. The highest BCUT2D eigenvalue weighted by Gasteiger charge is 2.32. The van der Waals surface area contributed by atoms with E-state index in [0.717, 1.165) is 31.4 Å². The van der Waals surface area contributed by atoms with Crippen molar-refractivity contribution in [2.45, 2.75) is 51.5 Å². The Hall–Kier alpha value is -1.83. The molecule has 0 saturated heterocycles. The molecule has 0 fully saturated rings. The van der Waals surface area contributed by atoms with Crippen LogP contribution in [-0.4, -0.2) is 16.5 Å². The molecule has 0 bridgehead atoms. The van der Waals surface area contributed by atoms with Crippen LogP contribution in [0.15, 0.2) is 35.4 Å². The molecule has 1 atom stereocenters. The Bertz CT molecular complexity index is 915. The highest BCUT2D eigenvalue weighted by atomic mass is 35.5. The lowest BCUT2D eigenvalue weighted by molar-refractivity contribution is 0.102. The molecule has 28 heavy (non-hydrogen) atoms. The predicted molar refractivity (Wildman–Crippen MR) is 115 cm³/mol. The lowest BCUT2D eigenvalue weighted by Crippen LogP contribution is -2.29. The number of ketones is 1. The Morgan fingerprint density at radius 2 is 2.07 bits per heavy atom. The van der Waals surface area contributed by atoms with Crippen molar-refractivity contribution < 1.29 is 4.79 Å². The van der Waals surface area contributed by atoms with Crippen LogP contribution in [0.25, 0.3) is 0 Å². The van der Waals surface area contributed by atoms with E-state index in [0.29, 0.717) is 32.5 Å². The zero-order valence-corrected chi connectivity index (χ0v) is 18.2. The summed E-state index contributed by atoms with van der Waals surface area (Å²) in [6, 6.07) is 11.2. The lowest BCUT2D eigenvalue weighted by Gasteiger charge is -2.37. The second-order valence-corrected chi connectivity index (χ2v) is 9.46. The Balaban J connectivity index is 1.76. The SMILES string of the molecule is CCC(C)(C)C1CCc2nc(SCC(=O)c3ccc(Cl)cc3)c(C#N)cc2C1. The van der Waals surface area contributed by atoms with Crippen LogP contribution >= 0.6 is 23.4 Å². The number of aryl methyl sites for hydroxylation is 1. The fourth-order valence-corrected chi connectivity index (χ4v) is 4.64. The second kappa shape index (κ2) is 8.68. The third kappa shape index (κ3) is 4.59.